The standard InChI is InChI=1S/C17H18N4/c1-13(14-7-9-18-10-8-14)19-11-16-12-20-21-17(16)15-5-3-2-4-6-15/h2-10,12-13,19H,11H2,1H3,(H,20,21). The quantitative estimate of drug-likeness (QED) is 0.752. The molecule has 2 N–H and O–H groups in total. The van der Waals surface area contributed by atoms with Crippen molar-refractivity contribution in [1.29, 1.82) is 0 Å². The van der Waals surface area contributed by atoms with Crippen LogP contribution in [-0.4, -0.2) is 15.2 Å². The lowest BCUT2D eigenvalue weighted by atomic mass is 10.1. The van der Waals surface area contributed by atoms with E-state index in [-0.39, 0.29) is 6.04 Å². The van der Waals surface area contributed by atoms with Crippen molar-refractivity contribution in [3.63, 3.8) is 0 Å². The molecule has 0 spiro atoms. The number of nitrogens with zero attached hydrogens (tertiary/aromatic N) is 2. The Morgan fingerprint density at radius 2 is 1.86 bits per heavy atom. The van der Waals surface area contributed by atoms with Gasteiger partial charge >= 0.3 is 0 Å². The van der Waals surface area contributed by atoms with E-state index in [2.05, 4.69) is 39.6 Å². The van der Waals surface area contributed by atoms with Crippen LogP contribution in [0.4, 0.5) is 0 Å². The molecule has 0 saturated carbocycles. The second-order valence-corrected chi connectivity index (χ2v) is 5.02. The van der Waals surface area contributed by atoms with Crippen LogP contribution >= 0.6 is 0 Å². The molecule has 2 aromatic heterocycles. The number of hydrogen-bond acceptors (Lipinski definition) is 3. The van der Waals surface area contributed by atoms with Crippen molar-refractivity contribution in [3.05, 3.63) is 72.2 Å². The van der Waals surface area contributed by atoms with E-state index in [9.17, 15) is 0 Å². The molecule has 0 saturated heterocycles. The zero-order valence-electron chi connectivity index (χ0n) is 12.0. The Bertz CT molecular complexity index is 676. The minimum absolute atomic E-state index is 0.270. The third kappa shape index (κ3) is 3.17. The predicted molar refractivity (Wildman–Crippen MR) is 83.5 cm³/mol. The summed E-state index contributed by atoms with van der Waals surface area (Å²) in [5.41, 5.74) is 4.63. The maximum atomic E-state index is 4.17. The molecule has 0 aliphatic carbocycles. The van der Waals surface area contributed by atoms with Crippen LogP contribution in [-0.2, 0) is 6.54 Å². The lowest BCUT2D eigenvalue weighted by molar-refractivity contribution is 0.575. The normalized spacial score (nSPS) is 12.2. The highest BCUT2D eigenvalue weighted by Gasteiger charge is 2.09. The van der Waals surface area contributed by atoms with E-state index in [1.54, 1.807) is 0 Å². The van der Waals surface area contributed by atoms with Crippen LogP contribution in [0.1, 0.15) is 24.1 Å². The minimum atomic E-state index is 0.270. The largest absolute Gasteiger partial charge is 0.306 e. The molecule has 3 aromatic rings. The second kappa shape index (κ2) is 6.33. The molecule has 0 aliphatic heterocycles. The number of benzene rings is 1. The zero-order chi connectivity index (χ0) is 14.5. The van der Waals surface area contributed by atoms with Gasteiger partial charge in [-0.15, -0.1) is 0 Å². The number of aromatic nitrogens is 3. The number of rotatable bonds is 5. The summed E-state index contributed by atoms with van der Waals surface area (Å²) in [5.74, 6) is 0. The Kier molecular flexibility index (Phi) is 4.07. The molecule has 106 valence electrons. The molecule has 1 atom stereocenters. The van der Waals surface area contributed by atoms with Gasteiger partial charge in [0.25, 0.3) is 0 Å². The van der Waals surface area contributed by atoms with E-state index < -0.39 is 0 Å². The lowest BCUT2D eigenvalue weighted by Gasteiger charge is -2.14. The van der Waals surface area contributed by atoms with Gasteiger partial charge in [0, 0.05) is 30.5 Å². The zero-order valence-corrected chi connectivity index (χ0v) is 12.0. The lowest BCUT2D eigenvalue weighted by Crippen LogP contribution is -2.18. The average molecular weight is 278 g/mol. The van der Waals surface area contributed by atoms with Crippen molar-refractivity contribution in [2.45, 2.75) is 19.5 Å². The first-order valence-corrected chi connectivity index (χ1v) is 7.05. The first-order chi connectivity index (χ1) is 10.3. The summed E-state index contributed by atoms with van der Waals surface area (Å²) >= 11 is 0. The molecule has 0 radical (unpaired) electrons. The Hall–Kier alpha value is -2.46. The smallest absolute Gasteiger partial charge is 0.0695 e. The van der Waals surface area contributed by atoms with Gasteiger partial charge in [0.1, 0.15) is 0 Å². The van der Waals surface area contributed by atoms with Crippen LogP contribution in [0.3, 0.4) is 0 Å². The molecule has 21 heavy (non-hydrogen) atoms. The fourth-order valence-electron chi connectivity index (χ4n) is 2.33. The summed E-state index contributed by atoms with van der Waals surface area (Å²) in [7, 11) is 0. The summed E-state index contributed by atoms with van der Waals surface area (Å²) < 4.78 is 0. The Labute approximate surface area is 124 Å². The average Bonchev–Trinajstić information content (AvgIpc) is 3.03. The van der Waals surface area contributed by atoms with E-state index >= 15 is 0 Å². The molecule has 0 aliphatic rings. The molecule has 1 aromatic carbocycles. The number of hydrogen-bond donors (Lipinski definition) is 2. The molecule has 4 heteroatoms. The van der Waals surface area contributed by atoms with Crippen LogP contribution in [0.25, 0.3) is 11.3 Å². The van der Waals surface area contributed by atoms with Gasteiger partial charge in [0.2, 0.25) is 0 Å². The van der Waals surface area contributed by atoms with Crippen LogP contribution in [0, 0.1) is 0 Å². The number of pyridine rings is 1. The van der Waals surface area contributed by atoms with E-state index in [0.717, 1.165) is 17.8 Å². The van der Waals surface area contributed by atoms with Gasteiger partial charge in [-0.1, -0.05) is 30.3 Å². The van der Waals surface area contributed by atoms with E-state index in [1.807, 2.05) is 48.9 Å². The third-order valence-electron chi connectivity index (χ3n) is 3.59. The molecule has 4 nitrogen and oxygen atoms in total. The molecular weight excluding hydrogens is 260 g/mol. The van der Waals surface area contributed by atoms with Gasteiger partial charge in [-0.2, -0.15) is 5.10 Å². The van der Waals surface area contributed by atoms with E-state index in [1.165, 1.54) is 11.1 Å². The van der Waals surface area contributed by atoms with Crippen molar-refractivity contribution in [3.8, 4) is 11.3 Å². The van der Waals surface area contributed by atoms with Crippen molar-refractivity contribution in [2.75, 3.05) is 0 Å². The van der Waals surface area contributed by atoms with Gasteiger partial charge in [-0.25, -0.2) is 0 Å². The van der Waals surface area contributed by atoms with Crippen LogP contribution < -0.4 is 5.32 Å². The predicted octanol–water partition coefficient (Wildman–Crippen LogP) is 3.32. The molecule has 0 fully saturated rings. The van der Waals surface area contributed by atoms with Crippen molar-refractivity contribution < 1.29 is 0 Å². The monoisotopic (exact) mass is 278 g/mol. The minimum Gasteiger partial charge on any atom is -0.306 e. The molecule has 0 amide bonds. The SMILES string of the molecule is CC(NCc1cn[nH]c1-c1ccccc1)c1ccncc1. The third-order valence-corrected chi connectivity index (χ3v) is 3.59. The van der Waals surface area contributed by atoms with Gasteiger partial charge in [-0.05, 0) is 30.2 Å². The van der Waals surface area contributed by atoms with E-state index in [4.69, 9.17) is 0 Å². The highest BCUT2D eigenvalue weighted by molar-refractivity contribution is 5.62. The molecular formula is C17H18N4. The van der Waals surface area contributed by atoms with Crippen molar-refractivity contribution >= 4 is 0 Å². The Balaban J connectivity index is 1.71. The van der Waals surface area contributed by atoms with Gasteiger partial charge < -0.3 is 5.32 Å². The fourth-order valence-corrected chi connectivity index (χ4v) is 2.33. The van der Waals surface area contributed by atoms with E-state index in [0.29, 0.717) is 0 Å². The Morgan fingerprint density at radius 3 is 2.62 bits per heavy atom. The second-order valence-electron chi connectivity index (χ2n) is 5.02. The van der Waals surface area contributed by atoms with Crippen molar-refractivity contribution in [2.24, 2.45) is 0 Å². The maximum absolute atomic E-state index is 4.17. The van der Waals surface area contributed by atoms with Gasteiger partial charge in [0.15, 0.2) is 0 Å². The molecule has 1 unspecified atom stereocenters. The first kappa shape index (κ1) is 13.5. The number of aromatic amines is 1. The van der Waals surface area contributed by atoms with Gasteiger partial charge in [0.05, 0.1) is 11.9 Å². The highest BCUT2D eigenvalue weighted by Crippen LogP contribution is 2.21. The summed E-state index contributed by atoms with van der Waals surface area (Å²) in [4.78, 5) is 4.05. The summed E-state index contributed by atoms with van der Waals surface area (Å²) in [5, 5.41) is 10.8. The Morgan fingerprint density at radius 1 is 1.10 bits per heavy atom. The summed E-state index contributed by atoms with van der Waals surface area (Å²) in [6, 6.07) is 14.6. The summed E-state index contributed by atoms with van der Waals surface area (Å²) in [6.45, 7) is 2.92. The molecule has 0 bridgehead atoms. The molecule has 3 rings (SSSR count). The number of H-pyrrole nitrogens is 1. The van der Waals surface area contributed by atoms with Crippen LogP contribution in [0.15, 0.2) is 61.1 Å². The van der Waals surface area contributed by atoms with Crippen LogP contribution in [0.5, 0.6) is 0 Å². The topological polar surface area (TPSA) is 53.6 Å². The first-order valence-electron chi connectivity index (χ1n) is 7.05. The van der Waals surface area contributed by atoms with Gasteiger partial charge in [-0.3, -0.25) is 10.1 Å². The van der Waals surface area contributed by atoms with Crippen molar-refractivity contribution in [1.82, 2.24) is 20.5 Å². The summed E-state index contributed by atoms with van der Waals surface area (Å²) in [6.07, 6.45) is 5.52. The molecule has 2 heterocycles. The van der Waals surface area contributed by atoms with Crippen LogP contribution in [0.2, 0.25) is 0 Å². The number of nitrogens with one attached hydrogen (secondary N) is 2. The maximum Gasteiger partial charge on any atom is 0.0695 e. The highest BCUT2D eigenvalue weighted by atomic mass is 15.1. The fraction of sp³-hybridized carbons (Fsp3) is 0.176.